The maximum atomic E-state index is 13.7. The number of nitrogens with one attached hydrogen (secondary N) is 1. The van der Waals surface area contributed by atoms with Gasteiger partial charge in [-0.1, -0.05) is 30.7 Å². The predicted molar refractivity (Wildman–Crippen MR) is 125 cm³/mol. The van der Waals surface area contributed by atoms with Crippen LogP contribution in [0.5, 0.6) is 0 Å². The Labute approximate surface area is 192 Å². The summed E-state index contributed by atoms with van der Waals surface area (Å²) in [7, 11) is 1.59. The third-order valence-electron chi connectivity index (χ3n) is 5.26. The van der Waals surface area contributed by atoms with Gasteiger partial charge in [-0.25, -0.2) is 18.7 Å². The Morgan fingerprint density at radius 1 is 1.09 bits per heavy atom. The Morgan fingerprint density at radius 2 is 1.82 bits per heavy atom. The zero-order valence-corrected chi connectivity index (χ0v) is 18.6. The van der Waals surface area contributed by atoms with Crippen LogP contribution >= 0.6 is 11.6 Å². The molecule has 0 fully saturated rings. The molecule has 0 spiro atoms. The molecule has 0 saturated heterocycles. The van der Waals surface area contributed by atoms with E-state index in [-0.39, 0.29) is 23.5 Å². The van der Waals surface area contributed by atoms with E-state index in [2.05, 4.69) is 15.3 Å². The smallest absolute Gasteiger partial charge is 0.265 e. The first-order valence-corrected chi connectivity index (χ1v) is 10.5. The van der Waals surface area contributed by atoms with Gasteiger partial charge in [0.25, 0.3) is 11.5 Å². The molecule has 0 radical (unpaired) electrons. The van der Waals surface area contributed by atoms with Crippen LogP contribution < -0.4 is 16.4 Å². The molecular formula is C23H20ClF2N5O2. The summed E-state index contributed by atoms with van der Waals surface area (Å²) in [5, 5.41) is 3.57. The van der Waals surface area contributed by atoms with Crippen molar-refractivity contribution in [3.63, 3.8) is 0 Å². The molecule has 0 saturated carbocycles. The molecule has 3 aromatic heterocycles. The van der Waals surface area contributed by atoms with Crippen LogP contribution in [0.1, 0.15) is 13.3 Å². The lowest BCUT2D eigenvalue weighted by Crippen LogP contribution is -2.27. The Balaban J connectivity index is 1.94. The number of rotatable bonds is 6. The van der Waals surface area contributed by atoms with Gasteiger partial charge in [0.2, 0.25) is 11.5 Å². The van der Waals surface area contributed by atoms with E-state index in [9.17, 15) is 18.4 Å². The molecule has 1 N–H and O–H groups in total. The Hall–Kier alpha value is -3.59. The summed E-state index contributed by atoms with van der Waals surface area (Å²) in [5.41, 5.74) is 0.980. The number of aryl methyl sites for hydroxylation is 1. The summed E-state index contributed by atoms with van der Waals surface area (Å²) in [6.07, 6.45) is 4.24. The molecule has 170 valence electrons. The third kappa shape index (κ3) is 4.63. The number of fused-ring (bicyclic) bond motifs is 1. The van der Waals surface area contributed by atoms with Crippen molar-refractivity contribution in [1.29, 1.82) is 0 Å². The summed E-state index contributed by atoms with van der Waals surface area (Å²) in [5.74, 6) is -2.92. The zero-order valence-electron chi connectivity index (χ0n) is 17.8. The molecule has 33 heavy (non-hydrogen) atoms. The molecule has 0 aliphatic rings. The minimum absolute atomic E-state index is 0.00917. The molecule has 4 rings (SSSR count). The maximum Gasteiger partial charge on any atom is 0.265 e. The second-order valence-electron chi connectivity index (χ2n) is 7.58. The Morgan fingerprint density at radius 3 is 2.48 bits per heavy atom. The second-order valence-corrected chi connectivity index (χ2v) is 8.02. The van der Waals surface area contributed by atoms with Crippen molar-refractivity contribution in [2.45, 2.75) is 19.3 Å². The van der Waals surface area contributed by atoms with E-state index in [4.69, 9.17) is 11.6 Å². The fourth-order valence-corrected chi connectivity index (χ4v) is 3.44. The van der Waals surface area contributed by atoms with Crippen LogP contribution in [-0.2, 0) is 7.05 Å². The molecular weight excluding hydrogens is 452 g/mol. The number of nitrogens with zero attached hydrogens (tertiary/aromatic N) is 4. The van der Waals surface area contributed by atoms with Gasteiger partial charge in [-0.15, -0.1) is 0 Å². The highest BCUT2D eigenvalue weighted by Gasteiger charge is 2.26. The van der Waals surface area contributed by atoms with Crippen LogP contribution in [0.3, 0.4) is 0 Å². The van der Waals surface area contributed by atoms with Gasteiger partial charge in [-0.2, -0.15) is 0 Å². The van der Waals surface area contributed by atoms with Crippen molar-refractivity contribution < 1.29 is 8.78 Å². The molecule has 10 heteroatoms. The molecule has 4 aromatic rings. The van der Waals surface area contributed by atoms with Crippen LogP contribution in [-0.4, -0.2) is 31.6 Å². The molecule has 0 aliphatic heterocycles. The molecule has 0 amide bonds. The van der Waals surface area contributed by atoms with Crippen LogP contribution in [0, 0.1) is 0 Å². The highest BCUT2D eigenvalue weighted by Crippen LogP contribution is 2.27. The van der Waals surface area contributed by atoms with E-state index in [1.165, 1.54) is 28.3 Å². The van der Waals surface area contributed by atoms with Gasteiger partial charge in [0.1, 0.15) is 0 Å². The van der Waals surface area contributed by atoms with E-state index in [0.717, 1.165) is 0 Å². The molecule has 0 unspecified atom stereocenters. The fourth-order valence-electron chi connectivity index (χ4n) is 3.31. The quantitative estimate of drug-likeness (QED) is 0.454. The number of hydrogen-bond acceptors (Lipinski definition) is 5. The van der Waals surface area contributed by atoms with E-state index in [1.54, 1.807) is 49.8 Å². The molecule has 0 atom stereocenters. The first-order valence-electron chi connectivity index (χ1n) is 10.2. The van der Waals surface area contributed by atoms with Crippen LogP contribution in [0.15, 0.2) is 64.6 Å². The zero-order chi connectivity index (χ0) is 23.8. The number of aromatic nitrogens is 4. The standard InChI is InChI=1S/C23H20ClF2N5O2/c1-3-23(25,26)13-28-22-27-10-15-11-31(17-8-9-18(32)30(2)12-17)21(33)19(20(15)29-22)14-4-6-16(24)7-5-14/h4-12H,3,13H2,1-2H3,(H,28,29). The van der Waals surface area contributed by atoms with Gasteiger partial charge in [0, 0.05) is 48.5 Å². The average Bonchev–Trinajstić information content (AvgIpc) is 2.80. The fraction of sp³-hybridized carbons (Fsp3) is 0.217. The molecule has 0 bridgehead atoms. The van der Waals surface area contributed by atoms with Gasteiger partial charge < -0.3 is 9.88 Å². The molecule has 3 heterocycles. The number of hydrogen-bond donors (Lipinski definition) is 1. The van der Waals surface area contributed by atoms with Gasteiger partial charge in [-0.05, 0) is 23.8 Å². The number of pyridine rings is 2. The SMILES string of the molecule is CCC(F)(F)CNc1ncc2cn(-c3ccc(=O)n(C)c3)c(=O)c(-c3ccc(Cl)cc3)c2n1. The first kappa shape index (κ1) is 22.6. The summed E-state index contributed by atoms with van der Waals surface area (Å²) in [4.78, 5) is 33.9. The van der Waals surface area contributed by atoms with Crippen LogP contribution in [0.2, 0.25) is 5.02 Å². The third-order valence-corrected chi connectivity index (χ3v) is 5.51. The molecule has 1 aromatic carbocycles. The summed E-state index contributed by atoms with van der Waals surface area (Å²) in [6, 6.07) is 9.58. The lowest BCUT2D eigenvalue weighted by atomic mass is 10.0. The Kier molecular flexibility index (Phi) is 5.99. The highest BCUT2D eigenvalue weighted by atomic mass is 35.5. The predicted octanol–water partition coefficient (Wildman–Crippen LogP) is 4.26. The number of benzene rings is 1. The maximum absolute atomic E-state index is 13.7. The summed E-state index contributed by atoms with van der Waals surface area (Å²) < 4.78 is 30.1. The minimum Gasteiger partial charge on any atom is -0.348 e. The summed E-state index contributed by atoms with van der Waals surface area (Å²) >= 11 is 6.02. The lowest BCUT2D eigenvalue weighted by molar-refractivity contribution is 0.0114. The van der Waals surface area contributed by atoms with E-state index in [0.29, 0.717) is 27.2 Å². The summed E-state index contributed by atoms with van der Waals surface area (Å²) in [6.45, 7) is 0.768. The van der Waals surface area contributed by atoms with Crippen molar-refractivity contribution in [2.24, 2.45) is 7.05 Å². The van der Waals surface area contributed by atoms with Crippen molar-refractivity contribution in [3.8, 4) is 16.8 Å². The van der Waals surface area contributed by atoms with Crippen molar-refractivity contribution in [1.82, 2.24) is 19.1 Å². The van der Waals surface area contributed by atoms with Gasteiger partial charge in [0.05, 0.1) is 23.3 Å². The Bertz CT molecular complexity index is 1450. The van der Waals surface area contributed by atoms with E-state index in [1.807, 2.05) is 0 Å². The molecule has 0 aliphatic carbocycles. The number of anilines is 1. The van der Waals surface area contributed by atoms with Crippen LogP contribution in [0.25, 0.3) is 27.7 Å². The highest BCUT2D eigenvalue weighted by molar-refractivity contribution is 6.30. The largest absolute Gasteiger partial charge is 0.348 e. The normalized spacial score (nSPS) is 11.7. The van der Waals surface area contributed by atoms with E-state index >= 15 is 0 Å². The topological polar surface area (TPSA) is 81.8 Å². The van der Waals surface area contributed by atoms with Gasteiger partial charge in [-0.3, -0.25) is 14.2 Å². The van der Waals surface area contributed by atoms with E-state index < -0.39 is 18.0 Å². The monoisotopic (exact) mass is 471 g/mol. The first-order chi connectivity index (χ1) is 15.7. The van der Waals surface area contributed by atoms with Gasteiger partial charge >= 0.3 is 0 Å². The lowest BCUT2D eigenvalue weighted by Gasteiger charge is -2.16. The average molecular weight is 472 g/mol. The van der Waals surface area contributed by atoms with Crippen molar-refractivity contribution >= 4 is 28.5 Å². The molecule has 7 nitrogen and oxygen atoms in total. The number of alkyl halides is 2. The second kappa shape index (κ2) is 8.74. The number of halogens is 3. The van der Waals surface area contributed by atoms with Gasteiger partial charge in [0.15, 0.2) is 0 Å². The van der Waals surface area contributed by atoms with Crippen molar-refractivity contribution in [3.05, 3.63) is 80.7 Å². The van der Waals surface area contributed by atoms with Crippen LogP contribution in [0.4, 0.5) is 14.7 Å². The van der Waals surface area contributed by atoms with Crippen molar-refractivity contribution in [2.75, 3.05) is 11.9 Å². The minimum atomic E-state index is -2.91.